The summed E-state index contributed by atoms with van der Waals surface area (Å²) in [7, 11) is 3.41. The van der Waals surface area contributed by atoms with Crippen molar-refractivity contribution in [3.8, 4) is 6.01 Å². The normalized spacial score (nSPS) is 27.8. The second-order valence-corrected chi connectivity index (χ2v) is 12.7. The SMILES string of the molecule is CN(C)C[C@@]1(COc2nc(N3C[C@H]4CC[C@@](C)(C3)N4C(=O)OC(C)(C)C)c3cc(F)cc(F)c3n2)CC1(F)F. The summed E-state index contributed by atoms with van der Waals surface area (Å²) in [5, 5.41) is 0.147. The Morgan fingerprint density at radius 1 is 1.21 bits per heavy atom. The van der Waals surface area contributed by atoms with E-state index in [4.69, 9.17) is 9.47 Å². The molecular formula is C27H35F4N5O3. The third kappa shape index (κ3) is 5.07. The summed E-state index contributed by atoms with van der Waals surface area (Å²) in [5.41, 5.74) is -2.81. The van der Waals surface area contributed by atoms with Crippen molar-refractivity contribution in [3.05, 3.63) is 23.8 Å². The fourth-order valence-electron chi connectivity index (χ4n) is 6.06. The fraction of sp³-hybridized carbons (Fsp3) is 0.667. The second-order valence-electron chi connectivity index (χ2n) is 12.7. The lowest BCUT2D eigenvalue weighted by Crippen LogP contribution is -2.63. The zero-order chi connectivity index (χ0) is 28.5. The third-order valence-electron chi connectivity index (χ3n) is 7.80. The molecule has 12 heteroatoms. The lowest BCUT2D eigenvalue weighted by Gasteiger charge is -2.47. The topological polar surface area (TPSA) is 71.0 Å². The van der Waals surface area contributed by atoms with E-state index >= 15 is 0 Å². The Bertz CT molecular complexity index is 1300. The standard InChI is InChI=1S/C27H35F4N5O3/c1-24(2,3)39-23(37)36-17-7-8-25(36,4)13-35(11-17)21-18-9-16(28)10-19(29)20(18)32-22(33-21)38-15-26(14-34(5)6)12-27(26,30)31/h9-10,17H,7-8,11-15H2,1-6H3/t17-,25+,26-/m1/s1. The highest BCUT2D eigenvalue weighted by molar-refractivity contribution is 5.90. The van der Waals surface area contributed by atoms with Gasteiger partial charge in [-0.25, -0.2) is 22.4 Å². The van der Waals surface area contributed by atoms with Gasteiger partial charge < -0.3 is 19.3 Å². The average molecular weight is 554 g/mol. The van der Waals surface area contributed by atoms with Crippen LogP contribution in [-0.2, 0) is 4.74 Å². The van der Waals surface area contributed by atoms with Crippen LogP contribution in [0.25, 0.3) is 10.9 Å². The molecule has 0 radical (unpaired) electrons. The monoisotopic (exact) mass is 553 g/mol. The molecular weight excluding hydrogens is 518 g/mol. The van der Waals surface area contributed by atoms with Crippen LogP contribution in [0.5, 0.6) is 6.01 Å². The quantitative estimate of drug-likeness (QED) is 0.474. The molecule has 2 saturated heterocycles. The van der Waals surface area contributed by atoms with Crippen LogP contribution >= 0.6 is 0 Å². The van der Waals surface area contributed by atoms with E-state index in [9.17, 15) is 22.4 Å². The smallest absolute Gasteiger partial charge is 0.411 e. The van der Waals surface area contributed by atoms with Crippen LogP contribution < -0.4 is 9.64 Å². The van der Waals surface area contributed by atoms with Crippen molar-refractivity contribution in [2.75, 3.05) is 45.2 Å². The number of amides is 1. The summed E-state index contributed by atoms with van der Waals surface area (Å²) in [4.78, 5) is 27.0. The zero-order valence-electron chi connectivity index (χ0n) is 23.2. The lowest BCUT2D eigenvalue weighted by molar-refractivity contribution is -0.00285. The molecule has 1 aromatic heterocycles. The number of rotatable bonds is 6. The molecule has 0 N–H and O–H groups in total. The van der Waals surface area contributed by atoms with Crippen molar-refractivity contribution in [1.29, 1.82) is 0 Å². The first-order valence-electron chi connectivity index (χ1n) is 13.1. The number of benzene rings is 1. The maximum Gasteiger partial charge on any atom is 0.411 e. The maximum absolute atomic E-state index is 14.9. The van der Waals surface area contributed by atoms with Crippen LogP contribution in [0.3, 0.4) is 0 Å². The van der Waals surface area contributed by atoms with Crippen molar-refractivity contribution in [2.24, 2.45) is 5.41 Å². The van der Waals surface area contributed by atoms with Gasteiger partial charge in [0.1, 0.15) is 29.4 Å². The van der Waals surface area contributed by atoms with Crippen LogP contribution in [0.4, 0.5) is 28.2 Å². The Kier molecular flexibility index (Phi) is 6.43. The van der Waals surface area contributed by atoms with Crippen LogP contribution in [0.2, 0.25) is 0 Å². The molecule has 3 aliphatic rings. The van der Waals surface area contributed by atoms with Gasteiger partial charge in [0, 0.05) is 37.5 Å². The molecule has 2 aliphatic heterocycles. The molecule has 214 valence electrons. The molecule has 8 nitrogen and oxygen atoms in total. The van der Waals surface area contributed by atoms with Gasteiger partial charge in [-0.15, -0.1) is 0 Å². The largest absolute Gasteiger partial charge is 0.463 e. The second kappa shape index (κ2) is 9.07. The molecule has 0 unspecified atom stereocenters. The van der Waals surface area contributed by atoms with E-state index in [0.717, 1.165) is 18.6 Å². The van der Waals surface area contributed by atoms with Gasteiger partial charge in [-0.2, -0.15) is 9.97 Å². The number of carbonyl (C=O) groups excluding carboxylic acids is 1. The number of nitrogens with zero attached hydrogens (tertiary/aromatic N) is 5. The molecule has 3 atom stereocenters. The highest BCUT2D eigenvalue weighted by Crippen LogP contribution is 2.60. The zero-order valence-corrected chi connectivity index (χ0v) is 23.2. The van der Waals surface area contributed by atoms with E-state index in [1.807, 2.05) is 32.6 Å². The first-order chi connectivity index (χ1) is 18.0. The van der Waals surface area contributed by atoms with Gasteiger partial charge in [0.15, 0.2) is 5.82 Å². The molecule has 3 fully saturated rings. The Labute approximate surface area is 225 Å². The molecule has 0 spiro atoms. The highest BCUT2D eigenvalue weighted by atomic mass is 19.3. The number of hydrogen-bond donors (Lipinski definition) is 0. The Balaban J connectivity index is 1.47. The number of aromatic nitrogens is 2. The van der Waals surface area contributed by atoms with Crippen molar-refractivity contribution in [3.63, 3.8) is 0 Å². The molecule has 2 bridgehead atoms. The molecule has 3 heterocycles. The predicted octanol–water partition coefficient (Wildman–Crippen LogP) is 4.85. The Morgan fingerprint density at radius 3 is 2.49 bits per heavy atom. The molecule has 5 rings (SSSR count). The minimum Gasteiger partial charge on any atom is -0.463 e. The maximum atomic E-state index is 14.9. The minimum atomic E-state index is -2.89. The lowest BCUT2D eigenvalue weighted by atomic mass is 9.97. The van der Waals surface area contributed by atoms with Crippen LogP contribution in [0.15, 0.2) is 12.1 Å². The van der Waals surface area contributed by atoms with E-state index in [1.165, 1.54) is 0 Å². The molecule has 1 aliphatic carbocycles. The van der Waals surface area contributed by atoms with Gasteiger partial charge in [0.25, 0.3) is 5.92 Å². The van der Waals surface area contributed by atoms with Gasteiger partial charge in [-0.1, -0.05) is 0 Å². The molecule has 1 saturated carbocycles. The van der Waals surface area contributed by atoms with Gasteiger partial charge in [0.05, 0.1) is 17.0 Å². The van der Waals surface area contributed by atoms with Gasteiger partial charge in [-0.05, 0) is 60.7 Å². The fourth-order valence-corrected chi connectivity index (χ4v) is 6.06. The predicted molar refractivity (Wildman–Crippen MR) is 137 cm³/mol. The third-order valence-corrected chi connectivity index (χ3v) is 7.80. The summed E-state index contributed by atoms with van der Waals surface area (Å²) < 4.78 is 69.2. The van der Waals surface area contributed by atoms with Crippen LogP contribution in [0, 0.1) is 17.0 Å². The summed E-state index contributed by atoms with van der Waals surface area (Å²) in [5.74, 6) is -4.35. The first-order valence-corrected chi connectivity index (χ1v) is 13.1. The number of anilines is 1. The Morgan fingerprint density at radius 2 is 1.90 bits per heavy atom. The van der Waals surface area contributed by atoms with Crippen LogP contribution in [-0.4, -0.2) is 89.3 Å². The van der Waals surface area contributed by atoms with Crippen molar-refractivity contribution in [2.45, 2.75) is 70.1 Å². The molecule has 2 aromatic rings. The van der Waals surface area contributed by atoms with Crippen molar-refractivity contribution >= 4 is 22.8 Å². The van der Waals surface area contributed by atoms with Gasteiger partial charge in [0.2, 0.25) is 0 Å². The van der Waals surface area contributed by atoms with Crippen molar-refractivity contribution < 1.29 is 31.8 Å². The number of ether oxygens (including phenoxy) is 2. The van der Waals surface area contributed by atoms with E-state index < -0.39 is 40.2 Å². The highest BCUT2D eigenvalue weighted by Gasteiger charge is 2.71. The Hall–Kier alpha value is -2.89. The van der Waals surface area contributed by atoms with Crippen LogP contribution in [0.1, 0.15) is 47.0 Å². The van der Waals surface area contributed by atoms with Gasteiger partial charge >= 0.3 is 12.1 Å². The number of carbonyl (C=O) groups is 1. The molecule has 39 heavy (non-hydrogen) atoms. The van der Waals surface area contributed by atoms with Crippen molar-refractivity contribution in [1.82, 2.24) is 19.8 Å². The summed E-state index contributed by atoms with van der Waals surface area (Å²) in [6.07, 6.45) is 0.705. The number of piperazine rings is 1. The van der Waals surface area contributed by atoms with Gasteiger partial charge in [-0.3, -0.25) is 4.90 Å². The molecule has 1 aromatic carbocycles. The summed E-state index contributed by atoms with van der Waals surface area (Å²) in [6.45, 7) is 7.81. The number of halogens is 4. The first kappa shape index (κ1) is 27.7. The van der Waals surface area contributed by atoms with E-state index in [0.29, 0.717) is 19.5 Å². The van der Waals surface area contributed by atoms with E-state index in [2.05, 4.69) is 9.97 Å². The molecule has 1 amide bonds. The van der Waals surface area contributed by atoms with E-state index in [-0.39, 0.29) is 48.3 Å². The number of hydrogen-bond acceptors (Lipinski definition) is 7. The number of alkyl halides is 2. The van der Waals surface area contributed by atoms with E-state index in [1.54, 1.807) is 23.9 Å². The summed E-state index contributed by atoms with van der Waals surface area (Å²) >= 11 is 0. The average Bonchev–Trinajstić information content (AvgIpc) is 3.24. The minimum absolute atomic E-state index is 0.104. The summed E-state index contributed by atoms with van der Waals surface area (Å²) in [6, 6.07) is 1.41. The number of fused-ring (bicyclic) bond motifs is 3.